The summed E-state index contributed by atoms with van der Waals surface area (Å²) < 4.78 is 0. The molecule has 36 heavy (non-hydrogen) atoms. The number of unbranched alkanes of at least 4 members (excludes halogenated alkanes) is 3. The van der Waals surface area contributed by atoms with E-state index in [2.05, 4.69) is 53.4 Å². The Bertz CT molecular complexity index is 909. The third kappa shape index (κ3) is 8.56. The van der Waals surface area contributed by atoms with Gasteiger partial charge >= 0.3 is 0 Å². The van der Waals surface area contributed by atoms with Gasteiger partial charge < -0.3 is 4.90 Å². The molecular formula is C30H43N5O. The van der Waals surface area contributed by atoms with Crippen molar-refractivity contribution in [3.63, 3.8) is 0 Å². The maximum absolute atomic E-state index is 13.5. The third-order valence-electron chi connectivity index (χ3n) is 8.02. The van der Waals surface area contributed by atoms with Gasteiger partial charge in [-0.3, -0.25) is 15.4 Å². The first-order valence-corrected chi connectivity index (χ1v) is 14.1. The topological polar surface area (TPSA) is 91.9 Å². The molecule has 1 heterocycles. The Balaban J connectivity index is 1.63. The van der Waals surface area contributed by atoms with E-state index in [1.807, 2.05) is 11.9 Å². The molecule has 194 valence electrons. The Hall–Kier alpha value is -2.51. The van der Waals surface area contributed by atoms with Crippen molar-refractivity contribution in [2.75, 3.05) is 26.7 Å². The molecule has 1 amide bonds. The highest BCUT2D eigenvalue weighted by atomic mass is 16.2. The fourth-order valence-corrected chi connectivity index (χ4v) is 5.57. The minimum atomic E-state index is -0.104. The van der Waals surface area contributed by atoms with Crippen LogP contribution in [-0.4, -0.2) is 43.7 Å². The van der Waals surface area contributed by atoms with Gasteiger partial charge in [-0.2, -0.15) is 10.5 Å². The van der Waals surface area contributed by atoms with Crippen molar-refractivity contribution < 1.29 is 4.79 Å². The van der Waals surface area contributed by atoms with Gasteiger partial charge in [0.2, 0.25) is 5.91 Å². The summed E-state index contributed by atoms with van der Waals surface area (Å²) in [6, 6.07) is 4.68. The van der Waals surface area contributed by atoms with Crippen LogP contribution in [0.25, 0.3) is 0 Å². The highest BCUT2D eigenvalue weighted by Crippen LogP contribution is 2.35. The van der Waals surface area contributed by atoms with Crippen LogP contribution in [0, 0.1) is 81.9 Å². The molecule has 0 bridgehead atoms. The van der Waals surface area contributed by atoms with Crippen LogP contribution < -0.4 is 10.6 Å². The number of carbonyl (C=O) groups excluding carboxylic acids is 1. The van der Waals surface area contributed by atoms with E-state index in [4.69, 9.17) is 10.5 Å². The number of hydrogen-bond acceptors (Lipinski definition) is 5. The lowest BCUT2D eigenvalue weighted by molar-refractivity contribution is -0.136. The molecule has 6 heteroatoms. The van der Waals surface area contributed by atoms with Crippen LogP contribution in [0.2, 0.25) is 0 Å². The molecule has 1 aliphatic heterocycles. The van der Waals surface area contributed by atoms with Crippen LogP contribution in [0.5, 0.6) is 0 Å². The number of carbonyl (C=O) groups is 1. The molecule has 3 atom stereocenters. The van der Waals surface area contributed by atoms with Crippen molar-refractivity contribution in [3.8, 4) is 35.8 Å². The van der Waals surface area contributed by atoms with E-state index in [1.54, 1.807) is 0 Å². The lowest BCUT2D eigenvalue weighted by Gasteiger charge is -2.33. The largest absolute Gasteiger partial charge is 0.345 e. The van der Waals surface area contributed by atoms with Crippen molar-refractivity contribution in [2.45, 2.75) is 83.7 Å². The highest BCUT2D eigenvalue weighted by Gasteiger charge is 2.35. The van der Waals surface area contributed by atoms with E-state index in [0.717, 1.165) is 64.3 Å². The van der Waals surface area contributed by atoms with Crippen LogP contribution in [0.1, 0.15) is 77.6 Å². The summed E-state index contributed by atoms with van der Waals surface area (Å²) in [5.41, 5.74) is 0. The Labute approximate surface area is 218 Å². The smallest absolute Gasteiger partial charge is 0.226 e. The molecule has 3 aliphatic rings. The minimum Gasteiger partial charge on any atom is -0.345 e. The van der Waals surface area contributed by atoms with Crippen molar-refractivity contribution in [1.82, 2.24) is 15.5 Å². The average Bonchev–Trinajstić information content (AvgIpc) is 2.93. The number of nitrogens with one attached hydrogen (secondary N) is 2. The molecule has 0 aromatic carbocycles. The molecule has 0 radical (unpaired) electrons. The SMILES string of the molecule is CCCCCCN(C)C(=O)C1CC(C#CC2NCC(C#N)CN2)CCC1C#CC1CCC(C#N)CC1. The van der Waals surface area contributed by atoms with Gasteiger partial charge in [0.25, 0.3) is 0 Å². The predicted molar refractivity (Wildman–Crippen MR) is 142 cm³/mol. The standard InChI is InChI=1S/C30H43N5O/c1-3-4-5-6-17-35(2)30(36)28-18-24(13-16-29-33-21-26(20-32)22-34-29)12-15-27(28)14-11-23-7-9-25(19-31)10-8-23/h23-29,33-34H,3-10,12,15,17-18,21-22H2,1-2H3. The van der Waals surface area contributed by atoms with Gasteiger partial charge in [0.1, 0.15) is 6.17 Å². The maximum atomic E-state index is 13.5. The zero-order valence-electron chi connectivity index (χ0n) is 22.2. The summed E-state index contributed by atoms with van der Waals surface area (Å²) in [7, 11) is 1.94. The predicted octanol–water partition coefficient (Wildman–Crippen LogP) is 4.05. The van der Waals surface area contributed by atoms with Crippen molar-refractivity contribution in [3.05, 3.63) is 0 Å². The summed E-state index contributed by atoms with van der Waals surface area (Å²) in [4.78, 5) is 15.5. The zero-order chi connectivity index (χ0) is 25.8. The number of nitriles is 2. The Morgan fingerprint density at radius 3 is 2.11 bits per heavy atom. The normalized spacial score (nSPS) is 31.9. The van der Waals surface area contributed by atoms with Crippen LogP contribution in [0.4, 0.5) is 0 Å². The van der Waals surface area contributed by atoms with Crippen molar-refractivity contribution in [1.29, 1.82) is 10.5 Å². The molecule has 1 saturated heterocycles. The van der Waals surface area contributed by atoms with Crippen LogP contribution in [0.3, 0.4) is 0 Å². The number of hydrogen-bond donors (Lipinski definition) is 2. The van der Waals surface area contributed by atoms with Gasteiger partial charge in [-0.05, 0) is 51.4 Å². The molecule has 3 unspecified atom stereocenters. The Morgan fingerprint density at radius 2 is 1.44 bits per heavy atom. The fourth-order valence-electron chi connectivity index (χ4n) is 5.57. The molecule has 0 aromatic heterocycles. The second-order valence-corrected chi connectivity index (χ2v) is 10.9. The van der Waals surface area contributed by atoms with Gasteiger partial charge in [-0.25, -0.2) is 0 Å². The van der Waals surface area contributed by atoms with E-state index < -0.39 is 0 Å². The fraction of sp³-hybridized carbons (Fsp3) is 0.767. The van der Waals surface area contributed by atoms with Crippen LogP contribution >= 0.6 is 0 Å². The molecule has 0 spiro atoms. The molecular weight excluding hydrogens is 446 g/mol. The quantitative estimate of drug-likeness (QED) is 0.434. The van der Waals surface area contributed by atoms with Gasteiger partial charge in [0, 0.05) is 50.4 Å². The minimum absolute atomic E-state index is 0.0121. The lowest BCUT2D eigenvalue weighted by atomic mass is 9.73. The van der Waals surface area contributed by atoms with E-state index in [0.29, 0.717) is 19.0 Å². The van der Waals surface area contributed by atoms with Gasteiger partial charge in [0.15, 0.2) is 0 Å². The summed E-state index contributed by atoms with van der Waals surface area (Å²) in [6.07, 6.45) is 11.0. The van der Waals surface area contributed by atoms with E-state index in [-0.39, 0.29) is 41.7 Å². The maximum Gasteiger partial charge on any atom is 0.226 e. The Morgan fingerprint density at radius 1 is 0.806 bits per heavy atom. The highest BCUT2D eigenvalue weighted by molar-refractivity contribution is 5.79. The van der Waals surface area contributed by atoms with Gasteiger partial charge in [0.05, 0.1) is 24.0 Å². The first-order chi connectivity index (χ1) is 17.5. The molecule has 2 saturated carbocycles. The van der Waals surface area contributed by atoms with E-state index in [1.165, 1.54) is 12.8 Å². The summed E-state index contributed by atoms with van der Waals surface area (Å²) >= 11 is 0. The third-order valence-corrected chi connectivity index (χ3v) is 8.02. The molecule has 2 N–H and O–H groups in total. The van der Waals surface area contributed by atoms with E-state index >= 15 is 0 Å². The van der Waals surface area contributed by atoms with Gasteiger partial charge in [-0.1, -0.05) is 49.9 Å². The second-order valence-electron chi connectivity index (χ2n) is 10.9. The average molecular weight is 490 g/mol. The first-order valence-electron chi connectivity index (χ1n) is 14.1. The molecule has 6 nitrogen and oxygen atoms in total. The van der Waals surface area contributed by atoms with Crippen molar-refractivity contribution in [2.24, 2.45) is 35.5 Å². The molecule has 3 fully saturated rings. The molecule has 3 rings (SSSR count). The van der Waals surface area contributed by atoms with Crippen LogP contribution in [-0.2, 0) is 4.79 Å². The summed E-state index contributed by atoms with van der Waals surface area (Å²) in [5, 5.41) is 24.8. The van der Waals surface area contributed by atoms with Crippen LogP contribution in [0.15, 0.2) is 0 Å². The number of nitrogens with zero attached hydrogens (tertiary/aromatic N) is 3. The monoisotopic (exact) mass is 489 g/mol. The first kappa shape index (κ1) is 28.1. The second kappa shape index (κ2) is 14.9. The summed E-state index contributed by atoms with van der Waals surface area (Å²) in [5.74, 6) is 14.7. The number of rotatable bonds is 6. The molecule has 2 aliphatic carbocycles. The van der Waals surface area contributed by atoms with Crippen molar-refractivity contribution >= 4 is 5.91 Å². The summed E-state index contributed by atoms with van der Waals surface area (Å²) in [6.45, 7) is 4.32. The molecule has 0 aromatic rings. The Kier molecular flexibility index (Phi) is 11.6. The van der Waals surface area contributed by atoms with E-state index in [9.17, 15) is 4.79 Å². The lowest BCUT2D eigenvalue weighted by Crippen LogP contribution is -2.51. The van der Waals surface area contributed by atoms with Gasteiger partial charge in [-0.15, -0.1) is 0 Å². The zero-order valence-corrected chi connectivity index (χ0v) is 22.2. The number of amides is 1.